The number of hydrogen-bond donors (Lipinski definition) is 1. The maximum atomic E-state index is 6.06. The second-order valence-electron chi connectivity index (χ2n) is 6.56. The number of benzene rings is 1. The first-order valence-electron chi connectivity index (χ1n) is 8.40. The number of nitrogens with one attached hydrogen (secondary N) is 1. The van der Waals surface area contributed by atoms with Crippen molar-refractivity contribution in [3.8, 4) is 0 Å². The summed E-state index contributed by atoms with van der Waals surface area (Å²) in [4.78, 5) is 4.74. The van der Waals surface area contributed by atoms with E-state index >= 15 is 0 Å². The maximum Gasteiger partial charge on any atom is 0.237 e. The van der Waals surface area contributed by atoms with Crippen molar-refractivity contribution in [2.45, 2.75) is 56.9 Å². The Hall–Kier alpha value is -1.10. The number of hydrogen-bond acceptors (Lipinski definition) is 4. The van der Waals surface area contributed by atoms with E-state index in [1.165, 1.54) is 24.8 Å². The minimum Gasteiger partial charge on any atom is -0.338 e. The van der Waals surface area contributed by atoms with Crippen molar-refractivity contribution >= 4 is 24.0 Å². The fraction of sp³-hybridized carbons (Fsp3) is 0.556. The van der Waals surface area contributed by atoms with Crippen LogP contribution in [0.15, 0.2) is 28.8 Å². The molecule has 0 aliphatic heterocycles. The molecule has 3 rings (SSSR count). The van der Waals surface area contributed by atoms with Crippen LogP contribution in [-0.4, -0.2) is 23.2 Å². The summed E-state index contributed by atoms with van der Waals surface area (Å²) in [6.45, 7) is 2.12. The fourth-order valence-electron chi connectivity index (χ4n) is 3.46. The van der Waals surface area contributed by atoms with Crippen LogP contribution in [0, 0.1) is 0 Å². The molecule has 0 amide bonds. The number of aromatic nitrogens is 2. The highest BCUT2D eigenvalue weighted by atomic mass is 35.5. The Bertz CT molecular complexity index is 636. The molecule has 132 valence electrons. The van der Waals surface area contributed by atoms with Crippen LogP contribution in [-0.2, 0) is 11.8 Å². The van der Waals surface area contributed by atoms with Gasteiger partial charge < -0.3 is 9.84 Å². The summed E-state index contributed by atoms with van der Waals surface area (Å²) in [6, 6.07) is 8.45. The van der Waals surface area contributed by atoms with Crippen molar-refractivity contribution in [1.29, 1.82) is 0 Å². The van der Waals surface area contributed by atoms with Gasteiger partial charge in [0.05, 0.1) is 5.41 Å². The van der Waals surface area contributed by atoms with Gasteiger partial charge in [0.15, 0.2) is 5.82 Å². The Morgan fingerprint density at radius 3 is 2.50 bits per heavy atom. The third-order valence-corrected chi connectivity index (χ3v) is 5.21. The van der Waals surface area contributed by atoms with Crippen molar-refractivity contribution in [2.24, 2.45) is 0 Å². The summed E-state index contributed by atoms with van der Waals surface area (Å²) in [5, 5.41) is 8.19. The highest BCUT2D eigenvalue weighted by Crippen LogP contribution is 2.44. The lowest BCUT2D eigenvalue weighted by atomic mass is 9.69. The molecule has 6 heteroatoms. The monoisotopic (exact) mass is 369 g/mol. The minimum atomic E-state index is -0.156. The quantitative estimate of drug-likeness (QED) is 0.839. The van der Waals surface area contributed by atoms with Gasteiger partial charge in [0.2, 0.25) is 5.89 Å². The smallest absolute Gasteiger partial charge is 0.237 e. The van der Waals surface area contributed by atoms with Crippen LogP contribution in [0.1, 0.15) is 56.3 Å². The van der Waals surface area contributed by atoms with E-state index in [1.54, 1.807) is 0 Å². The summed E-state index contributed by atoms with van der Waals surface area (Å²) in [7, 11) is 1.95. The molecule has 1 aliphatic carbocycles. The molecule has 0 spiro atoms. The highest BCUT2D eigenvalue weighted by Gasteiger charge is 2.40. The molecular weight excluding hydrogens is 345 g/mol. The van der Waals surface area contributed by atoms with Crippen LogP contribution in [0.4, 0.5) is 0 Å². The third kappa shape index (κ3) is 3.93. The normalized spacial score (nSPS) is 18.0. The molecule has 1 atom stereocenters. The summed E-state index contributed by atoms with van der Waals surface area (Å²) in [6.07, 6.45) is 6.53. The molecule has 1 N–H and O–H groups in total. The van der Waals surface area contributed by atoms with Gasteiger partial charge in [-0.25, -0.2) is 0 Å². The molecule has 1 fully saturated rings. The van der Waals surface area contributed by atoms with Gasteiger partial charge in [-0.2, -0.15) is 4.98 Å². The molecule has 1 aromatic carbocycles. The van der Waals surface area contributed by atoms with Crippen molar-refractivity contribution in [3.05, 3.63) is 46.6 Å². The lowest BCUT2D eigenvalue weighted by Gasteiger charge is -2.34. The van der Waals surface area contributed by atoms with Crippen LogP contribution in [0.2, 0.25) is 5.02 Å². The van der Waals surface area contributed by atoms with E-state index in [2.05, 4.69) is 29.5 Å². The molecule has 1 saturated carbocycles. The van der Waals surface area contributed by atoms with E-state index in [9.17, 15) is 0 Å². The summed E-state index contributed by atoms with van der Waals surface area (Å²) >= 11 is 6.06. The standard InChI is InChI=1S/C18H24ClN3O.ClH/c1-13(20-2)12-16-21-17(23-22-16)18(10-4-3-5-11-18)14-6-8-15(19)9-7-14;/h6-9,13,20H,3-5,10-12H2,1-2H3;1H. The van der Waals surface area contributed by atoms with Crippen molar-refractivity contribution in [3.63, 3.8) is 0 Å². The van der Waals surface area contributed by atoms with Gasteiger partial charge in [-0.05, 0) is 44.5 Å². The molecule has 24 heavy (non-hydrogen) atoms. The molecule has 0 radical (unpaired) electrons. The molecule has 1 heterocycles. The topological polar surface area (TPSA) is 51.0 Å². The number of rotatable bonds is 5. The van der Waals surface area contributed by atoms with Gasteiger partial charge >= 0.3 is 0 Å². The Labute approximate surface area is 154 Å². The summed E-state index contributed by atoms with van der Waals surface area (Å²) in [5.41, 5.74) is 1.08. The largest absolute Gasteiger partial charge is 0.338 e. The van der Waals surface area contributed by atoms with Gasteiger partial charge in [-0.15, -0.1) is 12.4 Å². The van der Waals surface area contributed by atoms with Crippen molar-refractivity contribution in [1.82, 2.24) is 15.5 Å². The van der Waals surface area contributed by atoms with E-state index in [1.807, 2.05) is 19.2 Å². The number of halogens is 2. The first-order chi connectivity index (χ1) is 11.1. The average Bonchev–Trinajstić information content (AvgIpc) is 3.05. The van der Waals surface area contributed by atoms with Crippen molar-refractivity contribution < 1.29 is 4.52 Å². The van der Waals surface area contributed by atoms with Crippen molar-refractivity contribution in [2.75, 3.05) is 7.05 Å². The van der Waals surface area contributed by atoms with Crippen LogP contribution in [0.3, 0.4) is 0 Å². The van der Waals surface area contributed by atoms with Gasteiger partial charge in [0, 0.05) is 17.5 Å². The average molecular weight is 370 g/mol. The van der Waals surface area contributed by atoms with Gasteiger partial charge in [-0.1, -0.05) is 48.2 Å². The van der Waals surface area contributed by atoms with Gasteiger partial charge in [0.1, 0.15) is 0 Å². The molecule has 0 bridgehead atoms. The molecule has 1 aliphatic rings. The van der Waals surface area contributed by atoms with E-state index in [0.717, 1.165) is 36.0 Å². The number of likely N-dealkylation sites (N-methyl/N-ethyl adjacent to an activating group) is 1. The van der Waals surface area contributed by atoms with E-state index in [-0.39, 0.29) is 17.8 Å². The lowest BCUT2D eigenvalue weighted by molar-refractivity contribution is 0.250. The third-order valence-electron chi connectivity index (χ3n) is 4.96. The zero-order valence-corrected chi connectivity index (χ0v) is 15.8. The van der Waals surface area contributed by atoms with Crippen LogP contribution < -0.4 is 5.32 Å². The SMILES string of the molecule is CNC(C)Cc1noc(C2(c3ccc(Cl)cc3)CCCCC2)n1.Cl. The Morgan fingerprint density at radius 1 is 1.21 bits per heavy atom. The molecule has 2 aromatic rings. The van der Waals surface area contributed by atoms with Gasteiger partial charge in [-0.3, -0.25) is 0 Å². The molecule has 4 nitrogen and oxygen atoms in total. The first-order valence-corrected chi connectivity index (χ1v) is 8.78. The van der Waals surface area contributed by atoms with E-state index in [4.69, 9.17) is 21.1 Å². The first kappa shape index (κ1) is 19.2. The predicted molar refractivity (Wildman–Crippen MR) is 99.1 cm³/mol. The van der Waals surface area contributed by atoms with E-state index in [0.29, 0.717) is 6.04 Å². The Balaban J connectivity index is 0.00000208. The summed E-state index contributed by atoms with van der Waals surface area (Å²) in [5.74, 6) is 1.54. The van der Waals surface area contributed by atoms with E-state index < -0.39 is 0 Å². The zero-order chi connectivity index (χ0) is 16.3. The maximum absolute atomic E-state index is 6.06. The predicted octanol–water partition coefficient (Wildman–Crippen LogP) is 4.55. The fourth-order valence-corrected chi connectivity index (χ4v) is 3.58. The van der Waals surface area contributed by atoms with Crippen LogP contribution in [0.5, 0.6) is 0 Å². The Kier molecular flexibility index (Phi) is 6.67. The Morgan fingerprint density at radius 2 is 1.88 bits per heavy atom. The zero-order valence-electron chi connectivity index (χ0n) is 14.2. The van der Waals surface area contributed by atoms with Gasteiger partial charge in [0.25, 0.3) is 0 Å². The lowest BCUT2D eigenvalue weighted by Crippen LogP contribution is -2.31. The second-order valence-corrected chi connectivity index (χ2v) is 7.00. The second kappa shape index (κ2) is 8.32. The molecule has 1 unspecified atom stereocenters. The number of nitrogens with zero attached hydrogens (tertiary/aromatic N) is 2. The van der Waals surface area contributed by atoms with Crippen LogP contribution in [0.25, 0.3) is 0 Å². The molecular formula is C18H25Cl2N3O. The molecule has 0 saturated heterocycles. The van der Waals surface area contributed by atoms with Crippen LogP contribution >= 0.6 is 24.0 Å². The minimum absolute atomic E-state index is 0. The summed E-state index contributed by atoms with van der Waals surface area (Å²) < 4.78 is 5.72. The highest BCUT2D eigenvalue weighted by molar-refractivity contribution is 6.30. The molecule has 1 aromatic heterocycles.